The van der Waals surface area contributed by atoms with Crippen molar-refractivity contribution in [1.29, 1.82) is 0 Å². The van der Waals surface area contributed by atoms with Crippen LogP contribution in [0.25, 0.3) is 0 Å². The first-order chi connectivity index (χ1) is 6.46. The molecule has 1 saturated carbocycles. The van der Waals surface area contributed by atoms with Crippen LogP contribution in [-0.2, 0) is 0 Å². The van der Waals surface area contributed by atoms with Crippen molar-refractivity contribution in [2.75, 3.05) is 0 Å². The summed E-state index contributed by atoms with van der Waals surface area (Å²) in [6, 6.07) is 0. The lowest BCUT2D eigenvalue weighted by Gasteiger charge is -2.42. The molecule has 1 rings (SSSR count). The molecule has 0 nitrogen and oxygen atoms in total. The molecule has 1 aliphatic carbocycles. The zero-order valence-electron chi connectivity index (χ0n) is 10.7. The first-order valence-electron chi connectivity index (χ1n) is 6.46. The fraction of sp³-hybridized carbons (Fsp3) is 1.00. The van der Waals surface area contributed by atoms with E-state index in [0.29, 0.717) is 10.8 Å². The van der Waals surface area contributed by atoms with Crippen LogP contribution in [0.4, 0.5) is 0 Å². The molecule has 0 aromatic heterocycles. The Hall–Kier alpha value is 0. The standard InChI is InChI=1S/C14H28/c1-13(2,3)14(4)11-9-7-5-6-8-10-12-14/h5-12H2,1-4H3. The van der Waals surface area contributed by atoms with E-state index in [1.165, 1.54) is 51.4 Å². The van der Waals surface area contributed by atoms with Gasteiger partial charge in [0.2, 0.25) is 0 Å². The molecule has 0 spiro atoms. The second-order valence-corrected chi connectivity index (χ2v) is 6.43. The minimum absolute atomic E-state index is 0.483. The van der Waals surface area contributed by atoms with Crippen molar-refractivity contribution in [2.45, 2.75) is 79.1 Å². The molecule has 1 aliphatic rings. The molecule has 0 aromatic carbocycles. The third-order valence-corrected chi connectivity index (χ3v) is 4.52. The summed E-state index contributed by atoms with van der Waals surface area (Å²) in [5.74, 6) is 0. The summed E-state index contributed by atoms with van der Waals surface area (Å²) in [6.07, 6.45) is 11.7. The van der Waals surface area contributed by atoms with Crippen molar-refractivity contribution in [2.24, 2.45) is 10.8 Å². The van der Waals surface area contributed by atoms with Gasteiger partial charge in [-0.05, 0) is 23.7 Å². The highest BCUT2D eigenvalue weighted by Crippen LogP contribution is 2.47. The predicted molar refractivity (Wildman–Crippen MR) is 64.5 cm³/mol. The van der Waals surface area contributed by atoms with E-state index < -0.39 is 0 Å². The predicted octanol–water partition coefficient (Wildman–Crippen LogP) is 5.17. The third-order valence-electron chi connectivity index (χ3n) is 4.52. The highest BCUT2D eigenvalue weighted by molar-refractivity contribution is 4.86. The molecule has 1 fully saturated rings. The Bertz CT molecular complexity index is 151. The van der Waals surface area contributed by atoms with E-state index in [0.717, 1.165) is 0 Å². The maximum atomic E-state index is 2.51. The van der Waals surface area contributed by atoms with Crippen LogP contribution in [0.2, 0.25) is 0 Å². The fourth-order valence-corrected chi connectivity index (χ4v) is 2.61. The van der Waals surface area contributed by atoms with Gasteiger partial charge in [-0.2, -0.15) is 0 Å². The molecule has 0 atom stereocenters. The first kappa shape index (κ1) is 12.1. The second kappa shape index (κ2) is 4.68. The number of hydrogen-bond acceptors (Lipinski definition) is 0. The maximum Gasteiger partial charge on any atom is -0.0277 e. The third kappa shape index (κ3) is 3.00. The van der Waals surface area contributed by atoms with Gasteiger partial charge >= 0.3 is 0 Å². The van der Waals surface area contributed by atoms with Crippen LogP contribution in [0.3, 0.4) is 0 Å². The molecule has 0 aliphatic heterocycles. The molecule has 14 heavy (non-hydrogen) atoms. The van der Waals surface area contributed by atoms with Crippen molar-refractivity contribution >= 4 is 0 Å². The Labute approximate surface area is 90.5 Å². The molecule has 84 valence electrons. The second-order valence-electron chi connectivity index (χ2n) is 6.43. The Kier molecular flexibility index (Phi) is 4.04. The Morgan fingerprint density at radius 2 is 1.07 bits per heavy atom. The van der Waals surface area contributed by atoms with Gasteiger partial charge in [0.15, 0.2) is 0 Å². The van der Waals surface area contributed by atoms with Gasteiger partial charge in [-0.25, -0.2) is 0 Å². The van der Waals surface area contributed by atoms with Crippen molar-refractivity contribution < 1.29 is 0 Å². The van der Waals surface area contributed by atoms with E-state index in [2.05, 4.69) is 27.7 Å². The van der Waals surface area contributed by atoms with E-state index >= 15 is 0 Å². The van der Waals surface area contributed by atoms with Gasteiger partial charge < -0.3 is 0 Å². The zero-order chi connectivity index (χ0) is 10.7. The topological polar surface area (TPSA) is 0 Å². The average molecular weight is 196 g/mol. The van der Waals surface area contributed by atoms with Gasteiger partial charge in [-0.15, -0.1) is 0 Å². The molecular weight excluding hydrogens is 168 g/mol. The minimum Gasteiger partial charge on any atom is -0.0597 e. The van der Waals surface area contributed by atoms with E-state index in [9.17, 15) is 0 Å². The Morgan fingerprint density at radius 1 is 0.714 bits per heavy atom. The van der Waals surface area contributed by atoms with E-state index in [-0.39, 0.29) is 0 Å². The van der Waals surface area contributed by atoms with Crippen LogP contribution in [0.15, 0.2) is 0 Å². The van der Waals surface area contributed by atoms with Gasteiger partial charge in [0.1, 0.15) is 0 Å². The monoisotopic (exact) mass is 196 g/mol. The van der Waals surface area contributed by atoms with E-state index in [1.807, 2.05) is 0 Å². The zero-order valence-corrected chi connectivity index (χ0v) is 10.7. The van der Waals surface area contributed by atoms with Crippen LogP contribution >= 0.6 is 0 Å². The van der Waals surface area contributed by atoms with Crippen LogP contribution in [-0.4, -0.2) is 0 Å². The normalized spacial score (nSPS) is 24.9. The summed E-state index contributed by atoms with van der Waals surface area (Å²) >= 11 is 0. The van der Waals surface area contributed by atoms with E-state index in [1.54, 1.807) is 0 Å². The maximum absolute atomic E-state index is 2.51. The molecule has 0 amide bonds. The van der Waals surface area contributed by atoms with Crippen LogP contribution in [0, 0.1) is 10.8 Å². The van der Waals surface area contributed by atoms with Gasteiger partial charge in [0, 0.05) is 0 Å². The van der Waals surface area contributed by atoms with Gasteiger partial charge in [-0.3, -0.25) is 0 Å². The van der Waals surface area contributed by atoms with Crippen molar-refractivity contribution in [1.82, 2.24) is 0 Å². The summed E-state index contributed by atoms with van der Waals surface area (Å²) in [5.41, 5.74) is 1.06. The molecule has 0 bridgehead atoms. The molecule has 0 radical (unpaired) electrons. The van der Waals surface area contributed by atoms with Crippen molar-refractivity contribution in [3.63, 3.8) is 0 Å². The summed E-state index contributed by atoms with van der Waals surface area (Å²) in [4.78, 5) is 0. The lowest BCUT2D eigenvalue weighted by atomic mass is 9.63. The van der Waals surface area contributed by atoms with Crippen molar-refractivity contribution in [3.8, 4) is 0 Å². The quantitative estimate of drug-likeness (QED) is 0.501. The molecular formula is C14H28. The first-order valence-corrected chi connectivity index (χ1v) is 6.46. The molecule has 0 aromatic rings. The summed E-state index contributed by atoms with van der Waals surface area (Å²) in [5, 5.41) is 0. The SMILES string of the molecule is CC(C)(C)C1(C)CCCCCCCC1. The van der Waals surface area contributed by atoms with E-state index in [4.69, 9.17) is 0 Å². The summed E-state index contributed by atoms with van der Waals surface area (Å²) < 4.78 is 0. The Balaban J connectivity index is 2.62. The minimum atomic E-state index is 0.483. The fourth-order valence-electron chi connectivity index (χ4n) is 2.61. The molecule has 0 N–H and O–H groups in total. The van der Waals surface area contributed by atoms with Crippen molar-refractivity contribution in [3.05, 3.63) is 0 Å². The molecule has 0 unspecified atom stereocenters. The number of hydrogen-bond donors (Lipinski definition) is 0. The summed E-state index contributed by atoms with van der Waals surface area (Å²) in [7, 11) is 0. The molecule has 0 heterocycles. The van der Waals surface area contributed by atoms with Gasteiger partial charge in [0.05, 0.1) is 0 Å². The van der Waals surface area contributed by atoms with Crippen LogP contribution in [0.5, 0.6) is 0 Å². The van der Waals surface area contributed by atoms with Gasteiger partial charge in [0.25, 0.3) is 0 Å². The summed E-state index contributed by atoms with van der Waals surface area (Å²) in [6.45, 7) is 9.78. The van der Waals surface area contributed by atoms with Crippen LogP contribution < -0.4 is 0 Å². The lowest BCUT2D eigenvalue weighted by Crippen LogP contribution is -2.32. The van der Waals surface area contributed by atoms with Crippen LogP contribution in [0.1, 0.15) is 79.1 Å². The highest BCUT2D eigenvalue weighted by Gasteiger charge is 2.36. The van der Waals surface area contributed by atoms with Gasteiger partial charge in [-0.1, -0.05) is 66.2 Å². The Morgan fingerprint density at radius 3 is 1.43 bits per heavy atom. The number of rotatable bonds is 0. The highest BCUT2D eigenvalue weighted by atomic mass is 14.4. The lowest BCUT2D eigenvalue weighted by molar-refractivity contribution is 0.0804. The molecule has 0 saturated heterocycles. The molecule has 0 heteroatoms. The average Bonchev–Trinajstić information content (AvgIpc) is 2.16. The smallest absolute Gasteiger partial charge is 0.0277 e. The largest absolute Gasteiger partial charge is 0.0597 e.